The maximum atomic E-state index is 5.17. The number of hydrogen-bond acceptors (Lipinski definition) is 3. The molecular formula is C9H11N3S2. The van der Waals surface area contributed by atoms with E-state index in [1.807, 2.05) is 16.0 Å². The Bertz CT molecular complexity index is 464. The summed E-state index contributed by atoms with van der Waals surface area (Å²) in [5.74, 6) is 0.931. The standard InChI is InChI=1S/C9H11N3S2/c1-6(2)12-8(10-11-9(12)13)7-4-3-5-14-7/h3-6H,1-2H3,(H,11,13). The molecular weight excluding hydrogens is 214 g/mol. The zero-order valence-electron chi connectivity index (χ0n) is 8.02. The maximum absolute atomic E-state index is 5.17. The van der Waals surface area contributed by atoms with Crippen molar-refractivity contribution in [1.82, 2.24) is 14.8 Å². The molecule has 0 saturated heterocycles. The molecule has 0 spiro atoms. The fraction of sp³-hybridized carbons (Fsp3) is 0.333. The molecule has 1 N–H and O–H groups in total. The van der Waals surface area contributed by atoms with Crippen LogP contribution >= 0.6 is 23.6 Å². The molecule has 74 valence electrons. The van der Waals surface area contributed by atoms with Crippen LogP contribution in [-0.4, -0.2) is 14.8 Å². The Balaban J connectivity index is 2.60. The van der Waals surface area contributed by atoms with Crippen LogP contribution in [0, 0.1) is 4.77 Å². The van der Waals surface area contributed by atoms with E-state index in [2.05, 4.69) is 30.1 Å². The molecule has 0 fully saturated rings. The van der Waals surface area contributed by atoms with E-state index in [9.17, 15) is 0 Å². The van der Waals surface area contributed by atoms with Gasteiger partial charge in [0, 0.05) is 6.04 Å². The number of hydrogen-bond donors (Lipinski definition) is 1. The number of thiophene rings is 1. The molecule has 0 aliphatic heterocycles. The van der Waals surface area contributed by atoms with E-state index in [1.54, 1.807) is 11.3 Å². The summed E-state index contributed by atoms with van der Waals surface area (Å²) in [5.41, 5.74) is 0. The summed E-state index contributed by atoms with van der Waals surface area (Å²) in [6.45, 7) is 4.20. The second kappa shape index (κ2) is 3.67. The monoisotopic (exact) mass is 225 g/mol. The van der Waals surface area contributed by atoms with Gasteiger partial charge in [-0.25, -0.2) is 0 Å². The molecule has 0 saturated carbocycles. The molecule has 0 aliphatic rings. The summed E-state index contributed by atoms with van der Waals surface area (Å²) in [6.07, 6.45) is 0. The van der Waals surface area contributed by atoms with Gasteiger partial charge in [0.25, 0.3) is 0 Å². The zero-order valence-corrected chi connectivity index (χ0v) is 9.65. The van der Waals surface area contributed by atoms with Crippen LogP contribution in [0.5, 0.6) is 0 Å². The van der Waals surface area contributed by atoms with Crippen molar-refractivity contribution >= 4 is 23.6 Å². The number of aromatic amines is 1. The minimum absolute atomic E-state index is 0.332. The first kappa shape index (κ1) is 9.61. The van der Waals surface area contributed by atoms with Crippen molar-refractivity contribution in [1.29, 1.82) is 0 Å². The normalized spacial score (nSPS) is 11.1. The van der Waals surface area contributed by atoms with Gasteiger partial charge in [0.2, 0.25) is 0 Å². The van der Waals surface area contributed by atoms with Crippen LogP contribution in [0.3, 0.4) is 0 Å². The molecule has 2 heterocycles. The van der Waals surface area contributed by atoms with Crippen LogP contribution in [0.25, 0.3) is 10.7 Å². The lowest BCUT2D eigenvalue weighted by Crippen LogP contribution is -2.02. The minimum atomic E-state index is 0.332. The first-order chi connectivity index (χ1) is 6.70. The lowest BCUT2D eigenvalue weighted by molar-refractivity contribution is 0.597. The minimum Gasteiger partial charge on any atom is -0.297 e. The Kier molecular flexibility index (Phi) is 2.52. The zero-order chi connectivity index (χ0) is 10.1. The van der Waals surface area contributed by atoms with Crippen molar-refractivity contribution in [3.05, 3.63) is 22.3 Å². The first-order valence-corrected chi connectivity index (χ1v) is 5.69. The molecule has 14 heavy (non-hydrogen) atoms. The predicted octanol–water partition coefficient (Wildman–Crippen LogP) is 3.25. The molecule has 0 bridgehead atoms. The fourth-order valence-electron chi connectivity index (χ4n) is 1.36. The highest BCUT2D eigenvalue weighted by molar-refractivity contribution is 7.71. The van der Waals surface area contributed by atoms with Crippen molar-refractivity contribution in [3.63, 3.8) is 0 Å². The molecule has 0 atom stereocenters. The largest absolute Gasteiger partial charge is 0.297 e. The third-order valence-electron chi connectivity index (χ3n) is 1.96. The number of rotatable bonds is 2. The summed E-state index contributed by atoms with van der Waals surface area (Å²) in [4.78, 5) is 1.14. The summed E-state index contributed by atoms with van der Waals surface area (Å²) < 4.78 is 2.71. The highest BCUT2D eigenvalue weighted by Gasteiger charge is 2.11. The molecule has 2 aromatic heterocycles. The first-order valence-electron chi connectivity index (χ1n) is 4.41. The van der Waals surface area contributed by atoms with E-state index in [0.717, 1.165) is 10.7 Å². The summed E-state index contributed by atoms with van der Waals surface area (Å²) >= 11 is 6.84. The number of aromatic nitrogens is 3. The van der Waals surface area contributed by atoms with Crippen LogP contribution in [-0.2, 0) is 0 Å². The Morgan fingerprint density at radius 2 is 2.36 bits per heavy atom. The van der Waals surface area contributed by atoms with E-state index in [-0.39, 0.29) is 0 Å². The highest BCUT2D eigenvalue weighted by atomic mass is 32.1. The van der Waals surface area contributed by atoms with E-state index < -0.39 is 0 Å². The van der Waals surface area contributed by atoms with Crippen LogP contribution in [0.2, 0.25) is 0 Å². The van der Waals surface area contributed by atoms with Crippen LogP contribution in [0.1, 0.15) is 19.9 Å². The molecule has 2 rings (SSSR count). The van der Waals surface area contributed by atoms with E-state index in [1.165, 1.54) is 0 Å². The molecule has 2 aromatic rings. The molecule has 3 nitrogen and oxygen atoms in total. The van der Waals surface area contributed by atoms with Crippen molar-refractivity contribution in [2.45, 2.75) is 19.9 Å². The van der Waals surface area contributed by atoms with Crippen LogP contribution in [0.4, 0.5) is 0 Å². The number of H-pyrrole nitrogens is 1. The van der Waals surface area contributed by atoms with Gasteiger partial charge < -0.3 is 0 Å². The van der Waals surface area contributed by atoms with Crippen molar-refractivity contribution in [2.24, 2.45) is 0 Å². The lowest BCUT2D eigenvalue weighted by Gasteiger charge is -2.08. The second-order valence-electron chi connectivity index (χ2n) is 3.29. The average molecular weight is 225 g/mol. The Hall–Kier alpha value is -0.940. The highest BCUT2D eigenvalue weighted by Crippen LogP contribution is 2.24. The molecule has 0 amide bonds. The summed E-state index contributed by atoms with van der Waals surface area (Å²) in [5, 5.41) is 9.10. The van der Waals surface area contributed by atoms with E-state index >= 15 is 0 Å². The Morgan fingerprint density at radius 1 is 1.57 bits per heavy atom. The predicted molar refractivity (Wildman–Crippen MR) is 61.1 cm³/mol. The Morgan fingerprint density at radius 3 is 2.93 bits per heavy atom. The third-order valence-corrected chi connectivity index (χ3v) is 3.12. The van der Waals surface area contributed by atoms with Crippen molar-refractivity contribution < 1.29 is 0 Å². The SMILES string of the molecule is CC(C)n1c(-c2cccs2)n[nH]c1=S. The van der Waals surface area contributed by atoms with Gasteiger partial charge in [0.15, 0.2) is 10.6 Å². The van der Waals surface area contributed by atoms with Gasteiger partial charge in [-0.3, -0.25) is 9.67 Å². The molecule has 0 aliphatic carbocycles. The van der Waals surface area contributed by atoms with Gasteiger partial charge in [-0.05, 0) is 37.5 Å². The van der Waals surface area contributed by atoms with Crippen molar-refractivity contribution in [2.75, 3.05) is 0 Å². The summed E-state index contributed by atoms with van der Waals surface area (Å²) in [6, 6.07) is 4.40. The second-order valence-corrected chi connectivity index (χ2v) is 4.63. The molecule has 0 unspecified atom stereocenters. The summed E-state index contributed by atoms with van der Waals surface area (Å²) in [7, 11) is 0. The fourth-order valence-corrected chi connectivity index (χ4v) is 2.42. The third kappa shape index (κ3) is 1.53. The van der Waals surface area contributed by atoms with Crippen molar-refractivity contribution in [3.8, 4) is 10.7 Å². The van der Waals surface area contributed by atoms with Gasteiger partial charge in [-0.2, -0.15) is 5.10 Å². The lowest BCUT2D eigenvalue weighted by atomic mass is 10.3. The van der Waals surface area contributed by atoms with Gasteiger partial charge in [0.1, 0.15) is 0 Å². The quantitative estimate of drug-likeness (QED) is 0.796. The van der Waals surface area contributed by atoms with E-state index in [0.29, 0.717) is 10.8 Å². The number of nitrogens with zero attached hydrogens (tertiary/aromatic N) is 2. The molecule has 5 heteroatoms. The van der Waals surface area contributed by atoms with Gasteiger partial charge in [-0.1, -0.05) is 6.07 Å². The molecule has 0 aromatic carbocycles. The number of nitrogens with one attached hydrogen (secondary N) is 1. The Labute approximate surface area is 91.4 Å². The van der Waals surface area contributed by atoms with Crippen LogP contribution < -0.4 is 0 Å². The van der Waals surface area contributed by atoms with Gasteiger partial charge in [0.05, 0.1) is 4.88 Å². The molecule has 0 radical (unpaired) electrons. The van der Waals surface area contributed by atoms with Crippen LogP contribution in [0.15, 0.2) is 17.5 Å². The van der Waals surface area contributed by atoms with E-state index in [4.69, 9.17) is 12.2 Å². The maximum Gasteiger partial charge on any atom is 0.195 e. The topological polar surface area (TPSA) is 33.6 Å². The van der Waals surface area contributed by atoms with Gasteiger partial charge >= 0.3 is 0 Å². The van der Waals surface area contributed by atoms with Gasteiger partial charge in [-0.15, -0.1) is 11.3 Å². The average Bonchev–Trinajstić information content (AvgIpc) is 2.70. The smallest absolute Gasteiger partial charge is 0.195 e.